The van der Waals surface area contributed by atoms with E-state index in [4.69, 9.17) is 0 Å². The van der Waals surface area contributed by atoms with Gasteiger partial charge < -0.3 is 4.90 Å². The Bertz CT molecular complexity index is 331. The smallest absolute Gasteiger partial charge is 0.143 e. The minimum atomic E-state index is 1.10. The number of unbranched alkanes of at least 4 members (excludes halogenated alkanes) is 2. The maximum atomic E-state index is 4.52. The molecule has 0 aromatic carbocycles. The van der Waals surface area contributed by atoms with Crippen LogP contribution in [0.2, 0.25) is 0 Å². The lowest BCUT2D eigenvalue weighted by Crippen LogP contribution is -2.27. The summed E-state index contributed by atoms with van der Waals surface area (Å²) < 4.78 is 1.15. The zero-order valence-corrected chi connectivity index (χ0v) is 12.8. The zero-order valence-electron chi connectivity index (χ0n) is 11.2. The summed E-state index contributed by atoms with van der Waals surface area (Å²) in [5.41, 5.74) is 1.26. The van der Waals surface area contributed by atoms with Gasteiger partial charge in [0, 0.05) is 19.3 Å². The van der Waals surface area contributed by atoms with Crippen LogP contribution >= 0.6 is 15.9 Å². The number of halogens is 1. The van der Waals surface area contributed by atoms with Crippen LogP contribution in [0, 0.1) is 6.92 Å². The standard InChI is InChI=1S/C14H23BrN2/c1-4-6-10-17(11-7-5-2)14-13(15)12(3)8-9-16-14/h8-9H,4-7,10-11H2,1-3H3. The molecule has 1 heterocycles. The van der Waals surface area contributed by atoms with Gasteiger partial charge in [0.15, 0.2) is 0 Å². The van der Waals surface area contributed by atoms with Crippen LogP contribution in [0.15, 0.2) is 16.7 Å². The second-order valence-corrected chi connectivity index (χ2v) is 5.25. The van der Waals surface area contributed by atoms with E-state index in [1.54, 1.807) is 0 Å². The van der Waals surface area contributed by atoms with E-state index >= 15 is 0 Å². The molecule has 0 saturated carbocycles. The molecule has 3 heteroatoms. The van der Waals surface area contributed by atoms with Gasteiger partial charge in [-0.1, -0.05) is 26.7 Å². The summed E-state index contributed by atoms with van der Waals surface area (Å²) in [6, 6.07) is 2.05. The van der Waals surface area contributed by atoms with Crippen LogP contribution in [0.4, 0.5) is 5.82 Å². The van der Waals surface area contributed by atoms with Gasteiger partial charge in [-0.25, -0.2) is 4.98 Å². The molecule has 0 saturated heterocycles. The van der Waals surface area contributed by atoms with Gasteiger partial charge in [-0.15, -0.1) is 0 Å². The Hall–Kier alpha value is -0.570. The molecule has 17 heavy (non-hydrogen) atoms. The maximum absolute atomic E-state index is 4.52. The highest BCUT2D eigenvalue weighted by molar-refractivity contribution is 9.10. The molecule has 1 aromatic rings. The number of anilines is 1. The molecule has 0 fully saturated rings. The van der Waals surface area contributed by atoms with Gasteiger partial charge in [0.05, 0.1) is 4.47 Å². The van der Waals surface area contributed by atoms with Crippen molar-refractivity contribution < 1.29 is 0 Å². The SMILES string of the molecule is CCCCN(CCCC)c1nccc(C)c1Br. The van der Waals surface area contributed by atoms with Gasteiger partial charge in [-0.05, 0) is 47.3 Å². The highest BCUT2D eigenvalue weighted by Gasteiger charge is 2.11. The number of aromatic nitrogens is 1. The fraction of sp³-hybridized carbons (Fsp3) is 0.643. The second kappa shape index (κ2) is 7.70. The van der Waals surface area contributed by atoms with Gasteiger partial charge in [-0.3, -0.25) is 0 Å². The third-order valence-corrected chi connectivity index (χ3v) is 3.91. The number of nitrogens with zero attached hydrogens (tertiary/aromatic N) is 2. The van der Waals surface area contributed by atoms with Gasteiger partial charge in [-0.2, -0.15) is 0 Å². The average molecular weight is 299 g/mol. The number of rotatable bonds is 7. The Morgan fingerprint density at radius 2 is 1.76 bits per heavy atom. The van der Waals surface area contributed by atoms with Crippen LogP contribution in [0.5, 0.6) is 0 Å². The van der Waals surface area contributed by atoms with E-state index in [1.807, 2.05) is 12.3 Å². The highest BCUT2D eigenvalue weighted by Crippen LogP contribution is 2.27. The van der Waals surface area contributed by atoms with Crippen molar-refractivity contribution in [3.8, 4) is 0 Å². The van der Waals surface area contributed by atoms with Gasteiger partial charge in [0.1, 0.15) is 5.82 Å². The fourth-order valence-electron chi connectivity index (χ4n) is 1.77. The van der Waals surface area contributed by atoms with Crippen molar-refractivity contribution in [2.24, 2.45) is 0 Å². The van der Waals surface area contributed by atoms with Crippen LogP contribution in [0.1, 0.15) is 45.1 Å². The summed E-state index contributed by atoms with van der Waals surface area (Å²) >= 11 is 3.66. The predicted molar refractivity (Wildman–Crippen MR) is 78.7 cm³/mol. The molecule has 1 rings (SSSR count). The van der Waals surface area contributed by atoms with Crippen molar-refractivity contribution in [3.63, 3.8) is 0 Å². The van der Waals surface area contributed by atoms with Crippen LogP contribution < -0.4 is 4.90 Å². The number of pyridine rings is 1. The lowest BCUT2D eigenvalue weighted by molar-refractivity contribution is 0.670. The molecule has 0 aliphatic carbocycles. The van der Waals surface area contributed by atoms with Gasteiger partial charge in [0.2, 0.25) is 0 Å². The molecule has 96 valence electrons. The molecule has 2 nitrogen and oxygen atoms in total. The summed E-state index contributed by atoms with van der Waals surface area (Å²) in [7, 11) is 0. The molecular weight excluding hydrogens is 276 g/mol. The molecule has 0 radical (unpaired) electrons. The van der Waals surface area contributed by atoms with Crippen molar-refractivity contribution in [1.29, 1.82) is 0 Å². The Morgan fingerprint density at radius 3 is 2.29 bits per heavy atom. The zero-order chi connectivity index (χ0) is 12.7. The molecule has 0 aliphatic heterocycles. The molecule has 0 bridgehead atoms. The number of hydrogen-bond acceptors (Lipinski definition) is 2. The van der Waals surface area contributed by atoms with E-state index in [2.05, 4.69) is 46.6 Å². The van der Waals surface area contributed by atoms with Crippen LogP contribution in [0.3, 0.4) is 0 Å². The van der Waals surface area contributed by atoms with Crippen LogP contribution in [-0.4, -0.2) is 18.1 Å². The summed E-state index contributed by atoms with van der Waals surface area (Å²) in [5.74, 6) is 1.10. The maximum Gasteiger partial charge on any atom is 0.143 e. The molecule has 1 aromatic heterocycles. The van der Waals surface area contributed by atoms with E-state index in [-0.39, 0.29) is 0 Å². The third-order valence-electron chi connectivity index (χ3n) is 2.93. The Labute approximate surface area is 114 Å². The molecule has 0 unspecified atom stereocenters. The average Bonchev–Trinajstić information content (AvgIpc) is 2.34. The predicted octanol–water partition coefficient (Wildman–Crippen LogP) is 4.56. The Morgan fingerprint density at radius 1 is 1.18 bits per heavy atom. The summed E-state index contributed by atoms with van der Waals surface area (Å²) in [5, 5.41) is 0. The molecule has 0 amide bonds. The normalized spacial score (nSPS) is 10.6. The van der Waals surface area contributed by atoms with E-state index in [0.717, 1.165) is 23.4 Å². The van der Waals surface area contributed by atoms with Crippen molar-refractivity contribution in [2.75, 3.05) is 18.0 Å². The summed E-state index contributed by atoms with van der Waals surface area (Å²) in [4.78, 5) is 6.93. The first kappa shape index (κ1) is 14.5. The third kappa shape index (κ3) is 4.30. The quantitative estimate of drug-likeness (QED) is 0.733. The van der Waals surface area contributed by atoms with E-state index in [1.165, 1.54) is 31.2 Å². The van der Waals surface area contributed by atoms with Crippen LogP contribution in [0.25, 0.3) is 0 Å². The summed E-state index contributed by atoms with van der Waals surface area (Å²) in [6.07, 6.45) is 6.82. The Kier molecular flexibility index (Phi) is 6.56. The van der Waals surface area contributed by atoms with Crippen LogP contribution in [-0.2, 0) is 0 Å². The first-order valence-corrected chi connectivity index (χ1v) is 7.36. The van der Waals surface area contributed by atoms with E-state index in [9.17, 15) is 0 Å². The molecule has 0 atom stereocenters. The monoisotopic (exact) mass is 298 g/mol. The topological polar surface area (TPSA) is 16.1 Å². The first-order valence-electron chi connectivity index (χ1n) is 6.56. The number of hydrogen-bond donors (Lipinski definition) is 0. The molecular formula is C14H23BrN2. The minimum Gasteiger partial charge on any atom is -0.356 e. The van der Waals surface area contributed by atoms with Crippen molar-refractivity contribution in [1.82, 2.24) is 4.98 Å². The lowest BCUT2D eigenvalue weighted by Gasteiger charge is -2.25. The lowest BCUT2D eigenvalue weighted by atomic mass is 10.2. The minimum absolute atomic E-state index is 1.10. The fourth-order valence-corrected chi connectivity index (χ4v) is 2.25. The second-order valence-electron chi connectivity index (χ2n) is 4.46. The van der Waals surface area contributed by atoms with Gasteiger partial charge in [0.25, 0.3) is 0 Å². The molecule has 0 aliphatic rings. The Balaban J connectivity index is 2.83. The molecule has 0 spiro atoms. The van der Waals surface area contributed by atoms with E-state index in [0.29, 0.717) is 0 Å². The van der Waals surface area contributed by atoms with Crippen molar-refractivity contribution >= 4 is 21.7 Å². The molecule has 0 N–H and O–H groups in total. The van der Waals surface area contributed by atoms with Crippen molar-refractivity contribution in [2.45, 2.75) is 46.5 Å². The van der Waals surface area contributed by atoms with E-state index < -0.39 is 0 Å². The summed E-state index contributed by atoms with van der Waals surface area (Å²) in [6.45, 7) is 8.79. The largest absolute Gasteiger partial charge is 0.356 e. The van der Waals surface area contributed by atoms with Gasteiger partial charge >= 0.3 is 0 Å². The van der Waals surface area contributed by atoms with Crippen molar-refractivity contribution in [3.05, 3.63) is 22.3 Å². The first-order chi connectivity index (χ1) is 8.20. The highest BCUT2D eigenvalue weighted by atomic mass is 79.9. The number of aryl methyl sites for hydroxylation is 1.